The van der Waals surface area contributed by atoms with Crippen molar-refractivity contribution in [2.45, 2.75) is 13.5 Å². The van der Waals surface area contributed by atoms with Gasteiger partial charge in [0.25, 0.3) is 0 Å². The average Bonchev–Trinajstić information content (AvgIpc) is 2.61. The standard InChI is InChI=1S/C21H17NO/c1-16-6-8-17(9-7-16)18-10-12-21(13-11-18)23-15-20-5-3-2-4-19(20)14-22/h2-13H,15H2,1H3. The maximum atomic E-state index is 9.09. The first-order chi connectivity index (χ1) is 11.3. The highest BCUT2D eigenvalue weighted by Gasteiger charge is 2.03. The smallest absolute Gasteiger partial charge is 0.119 e. The Bertz CT molecular complexity index is 827. The monoisotopic (exact) mass is 299 g/mol. The molecule has 0 aliphatic carbocycles. The van der Waals surface area contributed by atoms with Crippen molar-refractivity contribution in [2.75, 3.05) is 0 Å². The molecule has 0 aromatic heterocycles. The maximum Gasteiger partial charge on any atom is 0.119 e. The van der Waals surface area contributed by atoms with Crippen LogP contribution in [0, 0.1) is 18.3 Å². The molecule has 112 valence electrons. The third-order valence-corrected chi connectivity index (χ3v) is 3.77. The first-order valence-corrected chi connectivity index (χ1v) is 7.54. The Balaban J connectivity index is 1.70. The first kappa shape index (κ1) is 14.9. The van der Waals surface area contributed by atoms with Gasteiger partial charge in [-0.1, -0.05) is 60.2 Å². The fourth-order valence-corrected chi connectivity index (χ4v) is 2.41. The van der Waals surface area contributed by atoms with E-state index in [1.807, 2.05) is 30.3 Å². The molecular formula is C21H17NO. The second kappa shape index (κ2) is 6.81. The van der Waals surface area contributed by atoms with Crippen molar-refractivity contribution < 1.29 is 4.74 Å². The molecule has 0 saturated carbocycles. The van der Waals surface area contributed by atoms with Gasteiger partial charge in [-0.25, -0.2) is 0 Å². The molecule has 23 heavy (non-hydrogen) atoms. The minimum absolute atomic E-state index is 0.396. The van der Waals surface area contributed by atoms with E-state index in [0.29, 0.717) is 12.2 Å². The Hall–Kier alpha value is -3.05. The van der Waals surface area contributed by atoms with Gasteiger partial charge in [0.2, 0.25) is 0 Å². The predicted octanol–water partition coefficient (Wildman–Crippen LogP) is 5.11. The molecule has 0 aliphatic rings. The molecule has 0 fully saturated rings. The van der Waals surface area contributed by atoms with E-state index in [9.17, 15) is 0 Å². The fourth-order valence-electron chi connectivity index (χ4n) is 2.41. The van der Waals surface area contributed by atoms with Crippen LogP contribution >= 0.6 is 0 Å². The molecule has 2 heteroatoms. The van der Waals surface area contributed by atoms with Crippen LogP contribution in [0.2, 0.25) is 0 Å². The van der Waals surface area contributed by atoms with Crippen LogP contribution in [-0.4, -0.2) is 0 Å². The van der Waals surface area contributed by atoms with Gasteiger partial charge in [-0.15, -0.1) is 0 Å². The minimum Gasteiger partial charge on any atom is -0.489 e. The van der Waals surface area contributed by atoms with Crippen LogP contribution in [0.1, 0.15) is 16.7 Å². The largest absolute Gasteiger partial charge is 0.489 e. The molecule has 0 unspecified atom stereocenters. The Morgan fingerprint density at radius 1 is 0.826 bits per heavy atom. The van der Waals surface area contributed by atoms with Gasteiger partial charge in [-0.2, -0.15) is 5.26 Å². The Morgan fingerprint density at radius 2 is 1.43 bits per heavy atom. The van der Waals surface area contributed by atoms with Crippen LogP contribution in [0.5, 0.6) is 5.75 Å². The molecule has 0 atom stereocenters. The fraction of sp³-hybridized carbons (Fsp3) is 0.0952. The minimum atomic E-state index is 0.396. The van der Waals surface area contributed by atoms with Crippen LogP contribution in [0.4, 0.5) is 0 Å². The molecule has 0 amide bonds. The van der Waals surface area contributed by atoms with Crippen molar-refractivity contribution in [3.63, 3.8) is 0 Å². The van der Waals surface area contributed by atoms with Gasteiger partial charge < -0.3 is 4.74 Å². The van der Waals surface area contributed by atoms with E-state index in [0.717, 1.165) is 16.9 Å². The second-order valence-electron chi connectivity index (χ2n) is 5.45. The molecule has 0 saturated heterocycles. The van der Waals surface area contributed by atoms with E-state index in [2.05, 4.69) is 49.4 Å². The number of hydrogen-bond acceptors (Lipinski definition) is 2. The number of rotatable bonds is 4. The molecule has 3 aromatic carbocycles. The molecule has 0 heterocycles. The second-order valence-corrected chi connectivity index (χ2v) is 5.45. The molecular weight excluding hydrogens is 282 g/mol. The summed E-state index contributed by atoms with van der Waals surface area (Å²) in [5.74, 6) is 0.800. The lowest BCUT2D eigenvalue weighted by atomic mass is 10.0. The molecule has 0 N–H and O–H groups in total. The maximum absolute atomic E-state index is 9.09. The van der Waals surface area contributed by atoms with Crippen LogP contribution in [0.25, 0.3) is 11.1 Å². The zero-order valence-corrected chi connectivity index (χ0v) is 13.0. The van der Waals surface area contributed by atoms with E-state index < -0.39 is 0 Å². The van der Waals surface area contributed by atoms with Crippen molar-refractivity contribution in [1.29, 1.82) is 5.26 Å². The lowest BCUT2D eigenvalue weighted by molar-refractivity contribution is 0.306. The average molecular weight is 299 g/mol. The lowest BCUT2D eigenvalue weighted by Crippen LogP contribution is -1.97. The third kappa shape index (κ3) is 3.59. The van der Waals surface area contributed by atoms with Gasteiger partial charge >= 0.3 is 0 Å². The van der Waals surface area contributed by atoms with Gasteiger partial charge in [-0.3, -0.25) is 0 Å². The first-order valence-electron chi connectivity index (χ1n) is 7.54. The van der Waals surface area contributed by atoms with Gasteiger partial charge in [0.1, 0.15) is 12.4 Å². The lowest BCUT2D eigenvalue weighted by Gasteiger charge is -2.09. The van der Waals surface area contributed by atoms with Gasteiger partial charge in [-0.05, 0) is 36.2 Å². The summed E-state index contributed by atoms with van der Waals surface area (Å²) in [7, 11) is 0. The number of ether oxygens (including phenoxy) is 1. The zero-order chi connectivity index (χ0) is 16.1. The summed E-state index contributed by atoms with van der Waals surface area (Å²) >= 11 is 0. The molecule has 3 rings (SSSR count). The number of nitriles is 1. The van der Waals surface area contributed by atoms with Crippen LogP contribution in [0.3, 0.4) is 0 Å². The van der Waals surface area contributed by atoms with E-state index in [4.69, 9.17) is 10.00 Å². The normalized spacial score (nSPS) is 10.1. The quantitative estimate of drug-likeness (QED) is 0.670. The Kier molecular flexibility index (Phi) is 4.40. The van der Waals surface area contributed by atoms with Crippen molar-refractivity contribution >= 4 is 0 Å². The van der Waals surface area contributed by atoms with Gasteiger partial charge in [0.05, 0.1) is 11.6 Å². The SMILES string of the molecule is Cc1ccc(-c2ccc(OCc3ccccc3C#N)cc2)cc1. The van der Waals surface area contributed by atoms with Crippen LogP contribution in [-0.2, 0) is 6.61 Å². The number of aryl methyl sites for hydroxylation is 1. The van der Waals surface area contributed by atoms with Crippen LogP contribution in [0.15, 0.2) is 72.8 Å². The summed E-state index contributed by atoms with van der Waals surface area (Å²) < 4.78 is 5.79. The Morgan fingerprint density at radius 3 is 2.09 bits per heavy atom. The summed E-state index contributed by atoms with van der Waals surface area (Å²) in [5, 5.41) is 9.09. The molecule has 3 aromatic rings. The van der Waals surface area contributed by atoms with E-state index in [1.165, 1.54) is 11.1 Å². The number of benzene rings is 3. The molecule has 0 bridgehead atoms. The van der Waals surface area contributed by atoms with Crippen molar-refractivity contribution in [3.05, 3.63) is 89.5 Å². The van der Waals surface area contributed by atoms with E-state index in [1.54, 1.807) is 6.07 Å². The van der Waals surface area contributed by atoms with Gasteiger partial charge in [0.15, 0.2) is 0 Å². The summed E-state index contributed by atoms with van der Waals surface area (Å²) in [6.45, 7) is 2.48. The molecule has 0 aliphatic heterocycles. The van der Waals surface area contributed by atoms with E-state index in [-0.39, 0.29) is 0 Å². The van der Waals surface area contributed by atoms with Gasteiger partial charge in [0, 0.05) is 5.56 Å². The number of hydrogen-bond donors (Lipinski definition) is 0. The summed E-state index contributed by atoms with van der Waals surface area (Å²) in [6.07, 6.45) is 0. The summed E-state index contributed by atoms with van der Waals surface area (Å²) in [6, 6.07) is 26.2. The van der Waals surface area contributed by atoms with Crippen molar-refractivity contribution in [2.24, 2.45) is 0 Å². The van der Waals surface area contributed by atoms with E-state index >= 15 is 0 Å². The number of nitrogens with zero attached hydrogens (tertiary/aromatic N) is 1. The summed E-state index contributed by atoms with van der Waals surface area (Å²) in [5.41, 5.74) is 5.16. The molecule has 0 spiro atoms. The highest BCUT2D eigenvalue weighted by Crippen LogP contribution is 2.23. The van der Waals surface area contributed by atoms with Crippen molar-refractivity contribution in [3.8, 4) is 22.9 Å². The zero-order valence-electron chi connectivity index (χ0n) is 13.0. The Labute approximate surface area is 136 Å². The van der Waals surface area contributed by atoms with Crippen LogP contribution < -0.4 is 4.74 Å². The topological polar surface area (TPSA) is 33.0 Å². The molecule has 2 nitrogen and oxygen atoms in total. The highest BCUT2D eigenvalue weighted by atomic mass is 16.5. The highest BCUT2D eigenvalue weighted by molar-refractivity contribution is 5.64. The van der Waals surface area contributed by atoms with Crippen molar-refractivity contribution in [1.82, 2.24) is 0 Å². The summed E-state index contributed by atoms with van der Waals surface area (Å²) in [4.78, 5) is 0. The molecule has 0 radical (unpaired) electrons. The third-order valence-electron chi connectivity index (χ3n) is 3.77. The predicted molar refractivity (Wildman–Crippen MR) is 92.1 cm³/mol.